The molecular weight excluding hydrogens is 344 g/mol. The third-order valence-corrected chi connectivity index (χ3v) is 5.36. The summed E-state index contributed by atoms with van der Waals surface area (Å²) < 4.78 is 0. The van der Waals surface area contributed by atoms with Crippen LogP contribution < -0.4 is 10.2 Å². The number of rotatable bonds is 5. The lowest BCUT2D eigenvalue weighted by Gasteiger charge is -2.36. The molecule has 2 heterocycles. The Hall–Kier alpha value is -2.88. The zero-order valence-electron chi connectivity index (χ0n) is 16.9. The van der Waals surface area contributed by atoms with Crippen LogP contribution in [0.25, 0.3) is 0 Å². The van der Waals surface area contributed by atoms with E-state index in [1.165, 1.54) is 16.7 Å². The van der Waals surface area contributed by atoms with Crippen LogP contribution >= 0.6 is 0 Å². The summed E-state index contributed by atoms with van der Waals surface area (Å²) in [5, 5.41) is 3.49. The maximum Gasteiger partial charge on any atom is 0.135 e. The lowest BCUT2D eigenvalue weighted by Crippen LogP contribution is -2.39. The van der Waals surface area contributed by atoms with E-state index in [1.54, 1.807) is 0 Å². The summed E-state index contributed by atoms with van der Waals surface area (Å²) in [6, 6.07) is 21.7. The number of fused-ring (bicyclic) bond motifs is 1. The second-order valence-electron chi connectivity index (χ2n) is 7.91. The van der Waals surface area contributed by atoms with Crippen LogP contribution in [0.2, 0.25) is 0 Å². The molecule has 4 heteroatoms. The first-order valence-corrected chi connectivity index (χ1v) is 10.1. The second kappa shape index (κ2) is 8.01. The van der Waals surface area contributed by atoms with Crippen molar-refractivity contribution in [3.63, 3.8) is 0 Å². The van der Waals surface area contributed by atoms with Crippen molar-refractivity contribution in [2.75, 3.05) is 10.2 Å². The lowest BCUT2D eigenvalue weighted by molar-refractivity contribution is 0.583. The van der Waals surface area contributed by atoms with E-state index in [0.717, 1.165) is 37.0 Å². The first kappa shape index (κ1) is 18.5. The van der Waals surface area contributed by atoms with Gasteiger partial charge in [-0.05, 0) is 30.0 Å². The Morgan fingerprint density at radius 1 is 1.00 bits per heavy atom. The smallest absolute Gasteiger partial charge is 0.135 e. The van der Waals surface area contributed by atoms with Crippen molar-refractivity contribution in [2.24, 2.45) is 0 Å². The Kier molecular flexibility index (Phi) is 5.29. The van der Waals surface area contributed by atoms with Crippen LogP contribution in [0.4, 0.5) is 11.6 Å². The number of nitrogens with one attached hydrogen (secondary N) is 1. The molecule has 3 aromatic rings. The highest BCUT2D eigenvalue weighted by atomic mass is 15.2. The molecule has 1 N–H and O–H groups in total. The second-order valence-corrected chi connectivity index (χ2v) is 7.91. The topological polar surface area (TPSA) is 41.1 Å². The third-order valence-electron chi connectivity index (χ3n) is 5.36. The first-order valence-electron chi connectivity index (χ1n) is 10.1. The van der Waals surface area contributed by atoms with Gasteiger partial charge in [-0.15, -0.1) is 0 Å². The van der Waals surface area contributed by atoms with Crippen LogP contribution in [-0.4, -0.2) is 16.0 Å². The summed E-state index contributed by atoms with van der Waals surface area (Å²) in [4.78, 5) is 12.1. The average Bonchev–Trinajstić information content (AvgIpc) is 2.72. The predicted molar refractivity (Wildman–Crippen MR) is 116 cm³/mol. The molecule has 0 fully saturated rings. The molecule has 1 aliphatic heterocycles. The maximum atomic E-state index is 4.91. The van der Waals surface area contributed by atoms with Crippen molar-refractivity contribution in [3.05, 3.63) is 83.2 Å². The zero-order valence-corrected chi connectivity index (χ0v) is 16.9. The number of benzene rings is 2. The minimum Gasteiger partial charge on any atom is -0.366 e. The van der Waals surface area contributed by atoms with E-state index in [4.69, 9.17) is 9.97 Å². The van der Waals surface area contributed by atoms with Gasteiger partial charge in [0, 0.05) is 31.1 Å². The fourth-order valence-electron chi connectivity index (χ4n) is 3.72. The molecule has 1 aromatic heterocycles. The Bertz CT molecular complexity index is 936. The van der Waals surface area contributed by atoms with Crippen LogP contribution in [-0.2, 0) is 19.5 Å². The van der Waals surface area contributed by atoms with Gasteiger partial charge in [-0.25, -0.2) is 9.97 Å². The van der Waals surface area contributed by atoms with Crippen molar-refractivity contribution in [3.8, 4) is 0 Å². The Morgan fingerprint density at radius 3 is 2.46 bits per heavy atom. The van der Waals surface area contributed by atoms with E-state index in [-0.39, 0.29) is 5.92 Å². The molecule has 0 unspecified atom stereocenters. The number of hydrogen-bond donors (Lipinski definition) is 1. The van der Waals surface area contributed by atoms with Gasteiger partial charge < -0.3 is 10.2 Å². The number of nitrogens with zero attached hydrogens (tertiary/aromatic N) is 3. The number of aromatic nitrogens is 2. The molecule has 2 aromatic carbocycles. The van der Waals surface area contributed by atoms with Gasteiger partial charge >= 0.3 is 0 Å². The van der Waals surface area contributed by atoms with Gasteiger partial charge in [0.1, 0.15) is 17.5 Å². The van der Waals surface area contributed by atoms with Crippen molar-refractivity contribution >= 4 is 11.6 Å². The largest absolute Gasteiger partial charge is 0.366 e. The fraction of sp³-hybridized carbons (Fsp3) is 0.333. The monoisotopic (exact) mass is 372 g/mol. The van der Waals surface area contributed by atoms with Gasteiger partial charge in [0.05, 0.1) is 0 Å². The molecule has 0 aliphatic carbocycles. The highest BCUT2D eigenvalue weighted by Crippen LogP contribution is 2.29. The Morgan fingerprint density at radius 2 is 1.71 bits per heavy atom. The zero-order chi connectivity index (χ0) is 19.5. The SMILES string of the molecule is CC(C)c1nc(NCc2ccccc2)cc(N2Cc3ccccc3C[C@@H]2C)n1. The van der Waals surface area contributed by atoms with Gasteiger partial charge in [0.15, 0.2) is 0 Å². The summed E-state index contributed by atoms with van der Waals surface area (Å²) in [7, 11) is 0. The highest BCUT2D eigenvalue weighted by molar-refractivity contribution is 5.53. The Labute approximate surface area is 167 Å². The number of hydrogen-bond acceptors (Lipinski definition) is 4. The van der Waals surface area contributed by atoms with Crippen molar-refractivity contribution in [1.29, 1.82) is 0 Å². The predicted octanol–water partition coefficient (Wildman–Crippen LogP) is 5.16. The van der Waals surface area contributed by atoms with Gasteiger partial charge in [-0.3, -0.25) is 0 Å². The molecule has 0 saturated carbocycles. The summed E-state index contributed by atoms with van der Waals surface area (Å²) in [6.45, 7) is 8.23. The van der Waals surface area contributed by atoms with E-state index in [1.807, 2.05) is 6.07 Å². The lowest BCUT2D eigenvalue weighted by atomic mass is 9.95. The van der Waals surface area contributed by atoms with Gasteiger partial charge in [-0.1, -0.05) is 68.4 Å². The summed E-state index contributed by atoms with van der Waals surface area (Å²) >= 11 is 0. The normalized spacial score (nSPS) is 16.1. The fourth-order valence-corrected chi connectivity index (χ4v) is 3.72. The van der Waals surface area contributed by atoms with Crippen LogP contribution in [0, 0.1) is 0 Å². The minimum absolute atomic E-state index is 0.282. The van der Waals surface area contributed by atoms with Crippen LogP contribution in [0.1, 0.15) is 49.2 Å². The summed E-state index contributed by atoms with van der Waals surface area (Å²) in [6.07, 6.45) is 1.05. The summed E-state index contributed by atoms with van der Waals surface area (Å²) in [5.41, 5.74) is 4.09. The van der Waals surface area contributed by atoms with Crippen LogP contribution in [0.3, 0.4) is 0 Å². The molecule has 1 aliphatic rings. The quantitative estimate of drug-likeness (QED) is 0.671. The van der Waals surface area contributed by atoms with Crippen LogP contribution in [0.15, 0.2) is 60.7 Å². The highest BCUT2D eigenvalue weighted by Gasteiger charge is 2.24. The summed E-state index contributed by atoms with van der Waals surface area (Å²) in [5.74, 6) is 3.07. The maximum absolute atomic E-state index is 4.91. The molecule has 0 spiro atoms. The molecule has 4 rings (SSSR count). The third kappa shape index (κ3) is 4.01. The van der Waals surface area contributed by atoms with Crippen molar-refractivity contribution < 1.29 is 0 Å². The van der Waals surface area contributed by atoms with Crippen molar-refractivity contribution in [1.82, 2.24) is 9.97 Å². The van der Waals surface area contributed by atoms with E-state index in [9.17, 15) is 0 Å². The van der Waals surface area contributed by atoms with Gasteiger partial charge in [0.2, 0.25) is 0 Å². The minimum atomic E-state index is 0.282. The standard InChI is InChI=1S/C24H28N4/c1-17(2)24-26-22(25-15-19-9-5-4-6-10-19)14-23(27-24)28-16-21-12-8-7-11-20(21)13-18(28)3/h4-12,14,17-18H,13,15-16H2,1-3H3,(H,25,26,27)/t18-/m0/s1. The molecule has 0 radical (unpaired) electrons. The molecule has 28 heavy (non-hydrogen) atoms. The molecule has 0 bridgehead atoms. The molecule has 4 nitrogen and oxygen atoms in total. The van der Waals surface area contributed by atoms with E-state index < -0.39 is 0 Å². The Balaban J connectivity index is 1.62. The molecule has 144 valence electrons. The molecular formula is C24H28N4. The first-order chi connectivity index (χ1) is 13.6. The molecule has 1 atom stereocenters. The van der Waals surface area contributed by atoms with E-state index in [0.29, 0.717) is 6.04 Å². The van der Waals surface area contributed by atoms with Crippen LogP contribution in [0.5, 0.6) is 0 Å². The van der Waals surface area contributed by atoms with Gasteiger partial charge in [-0.2, -0.15) is 0 Å². The van der Waals surface area contributed by atoms with Crippen molar-refractivity contribution in [2.45, 2.75) is 52.2 Å². The number of anilines is 2. The van der Waals surface area contributed by atoms with Gasteiger partial charge in [0.25, 0.3) is 0 Å². The average molecular weight is 373 g/mol. The van der Waals surface area contributed by atoms with E-state index >= 15 is 0 Å². The molecule has 0 amide bonds. The van der Waals surface area contributed by atoms with E-state index in [2.05, 4.69) is 85.6 Å². The molecule has 0 saturated heterocycles.